The summed E-state index contributed by atoms with van der Waals surface area (Å²) in [6.45, 7) is 1.83. The van der Waals surface area contributed by atoms with Gasteiger partial charge in [-0.2, -0.15) is 5.10 Å². The zero-order chi connectivity index (χ0) is 12.3. The highest BCUT2D eigenvalue weighted by Gasteiger charge is 2.17. The summed E-state index contributed by atoms with van der Waals surface area (Å²) in [5.74, 6) is -0.227. The zero-order valence-corrected chi connectivity index (χ0v) is 9.51. The number of amidine groups is 1. The lowest BCUT2D eigenvalue weighted by Crippen LogP contribution is -2.35. The van der Waals surface area contributed by atoms with Crippen LogP contribution in [0.5, 0.6) is 0 Å². The van der Waals surface area contributed by atoms with Gasteiger partial charge in [-0.1, -0.05) is 5.16 Å². The molecule has 0 fully saturated rings. The molecule has 0 saturated heterocycles. The predicted molar refractivity (Wildman–Crippen MR) is 58.3 cm³/mol. The van der Waals surface area contributed by atoms with Crippen molar-refractivity contribution in [2.24, 2.45) is 17.9 Å². The quantitative estimate of drug-likeness (QED) is 0.315. The Morgan fingerprint density at radius 3 is 2.81 bits per heavy atom. The van der Waals surface area contributed by atoms with E-state index in [-0.39, 0.29) is 18.3 Å². The summed E-state index contributed by atoms with van der Waals surface area (Å²) < 4.78 is 1.57. The van der Waals surface area contributed by atoms with E-state index in [2.05, 4.69) is 10.3 Å². The molecule has 0 aliphatic heterocycles. The van der Waals surface area contributed by atoms with E-state index in [0.29, 0.717) is 11.3 Å². The molecule has 1 aromatic rings. The second-order valence-corrected chi connectivity index (χ2v) is 3.55. The maximum absolute atomic E-state index is 11.9. The Bertz CT molecular complexity index is 424. The van der Waals surface area contributed by atoms with Crippen molar-refractivity contribution in [1.29, 1.82) is 0 Å². The first-order valence-corrected chi connectivity index (χ1v) is 4.67. The lowest BCUT2D eigenvalue weighted by Gasteiger charge is -2.15. The summed E-state index contributed by atoms with van der Waals surface area (Å²) >= 11 is 0. The van der Waals surface area contributed by atoms with Crippen molar-refractivity contribution in [3.63, 3.8) is 0 Å². The van der Waals surface area contributed by atoms with E-state index in [1.807, 2.05) is 0 Å². The Balaban J connectivity index is 2.82. The minimum absolute atomic E-state index is 0.0163. The van der Waals surface area contributed by atoms with Crippen LogP contribution in [0, 0.1) is 6.92 Å². The Kier molecular flexibility index (Phi) is 3.49. The van der Waals surface area contributed by atoms with E-state index in [1.165, 1.54) is 4.90 Å². The third-order valence-corrected chi connectivity index (χ3v) is 2.12. The van der Waals surface area contributed by atoms with Gasteiger partial charge in [0.1, 0.15) is 0 Å². The van der Waals surface area contributed by atoms with Crippen LogP contribution in [-0.4, -0.2) is 45.2 Å². The minimum Gasteiger partial charge on any atom is -0.409 e. The first-order chi connectivity index (χ1) is 7.45. The summed E-state index contributed by atoms with van der Waals surface area (Å²) in [7, 11) is 3.32. The lowest BCUT2D eigenvalue weighted by molar-refractivity contribution is 0.0813. The van der Waals surface area contributed by atoms with Gasteiger partial charge < -0.3 is 15.8 Å². The molecular formula is C9H15N5O2. The molecule has 0 saturated carbocycles. The van der Waals surface area contributed by atoms with Crippen LogP contribution in [0.3, 0.4) is 0 Å². The third kappa shape index (κ3) is 2.50. The zero-order valence-electron chi connectivity index (χ0n) is 9.51. The molecule has 3 N–H and O–H groups in total. The highest BCUT2D eigenvalue weighted by atomic mass is 16.4. The number of oxime groups is 1. The number of hydrogen-bond donors (Lipinski definition) is 2. The number of aromatic nitrogens is 2. The molecule has 0 radical (unpaired) electrons. The molecule has 0 aromatic carbocycles. The van der Waals surface area contributed by atoms with Gasteiger partial charge in [0, 0.05) is 20.3 Å². The molecule has 1 amide bonds. The summed E-state index contributed by atoms with van der Waals surface area (Å²) in [6, 6.07) is 0. The van der Waals surface area contributed by atoms with Crippen molar-refractivity contribution in [3.05, 3.63) is 17.5 Å². The van der Waals surface area contributed by atoms with Crippen molar-refractivity contribution >= 4 is 11.7 Å². The van der Waals surface area contributed by atoms with Gasteiger partial charge in [0.2, 0.25) is 0 Å². The summed E-state index contributed by atoms with van der Waals surface area (Å²) in [4.78, 5) is 13.3. The monoisotopic (exact) mass is 225 g/mol. The number of rotatable bonds is 3. The van der Waals surface area contributed by atoms with Crippen LogP contribution in [0.1, 0.15) is 16.1 Å². The van der Waals surface area contributed by atoms with Gasteiger partial charge in [0.15, 0.2) is 5.84 Å². The molecule has 1 rings (SSSR count). The van der Waals surface area contributed by atoms with Crippen LogP contribution in [-0.2, 0) is 7.05 Å². The van der Waals surface area contributed by atoms with Crippen molar-refractivity contribution in [2.75, 3.05) is 13.6 Å². The van der Waals surface area contributed by atoms with Crippen LogP contribution in [0.15, 0.2) is 11.4 Å². The van der Waals surface area contributed by atoms with Gasteiger partial charge in [0.05, 0.1) is 17.8 Å². The molecule has 7 nitrogen and oxygen atoms in total. The van der Waals surface area contributed by atoms with E-state index in [1.54, 1.807) is 31.9 Å². The maximum Gasteiger partial charge on any atom is 0.257 e. The largest absolute Gasteiger partial charge is 0.409 e. The SMILES string of the molecule is Cc1nn(C)cc1C(=O)N(C)CC(N)=NO. The molecule has 88 valence electrons. The van der Waals surface area contributed by atoms with Crippen LogP contribution < -0.4 is 5.73 Å². The maximum atomic E-state index is 11.9. The lowest BCUT2D eigenvalue weighted by atomic mass is 10.2. The van der Waals surface area contributed by atoms with Gasteiger partial charge in [-0.15, -0.1) is 0 Å². The number of carbonyl (C=O) groups is 1. The summed E-state index contributed by atoms with van der Waals surface area (Å²) in [5.41, 5.74) is 6.48. The smallest absolute Gasteiger partial charge is 0.257 e. The van der Waals surface area contributed by atoms with Crippen LogP contribution in [0.25, 0.3) is 0 Å². The van der Waals surface area contributed by atoms with E-state index >= 15 is 0 Å². The van der Waals surface area contributed by atoms with E-state index in [4.69, 9.17) is 10.9 Å². The number of aryl methyl sites for hydroxylation is 2. The van der Waals surface area contributed by atoms with Crippen molar-refractivity contribution < 1.29 is 10.0 Å². The van der Waals surface area contributed by atoms with Gasteiger partial charge in [-0.3, -0.25) is 9.48 Å². The fraction of sp³-hybridized carbons (Fsp3) is 0.444. The van der Waals surface area contributed by atoms with Crippen LogP contribution in [0.4, 0.5) is 0 Å². The Labute approximate surface area is 93.1 Å². The fourth-order valence-corrected chi connectivity index (χ4v) is 1.36. The number of nitrogens with zero attached hydrogens (tertiary/aromatic N) is 4. The number of nitrogens with two attached hydrogens (primary N) is 1. The van der Waals surface area contributed by atoms with E-state index in [0.717, 1.165) is 0 Å². The molecule has 0 bridgehead atoms. The molecule has 0 unspecified atom stereocenters. The molecule has 0 aliphatic carbocycles. The number of likely N-dealkylation sites (N-methyl/N-ethyl adjacent to an activating group) is 1. The van der Waals surface area contributed by atoms with Gasteiger partial charge in [-0.05, 0) is 6.92 Å². The molecule has 0 spiro atoms. The highest BCUT2D eigenvalue weighted by Crippen LogP contribution is 2.07. The fourth-order valence-electron chi connectivity index (χ4n) is 1.36. The van der Waals surface area contributed by atoms with Crippen molar-refractivity contribution in [3.8, 4) is 0 Å². The van der Waals surface area contributed by atoms with E-state index < -0.39 is 0 Å². The Morgan fingerprint density at radius 2 is 2.38 bits per heavy atom. The van der Waals surface area contributed by atoms with Crippen molar-refractivity contribution in [1.82, 2.24) is 14.7 Å². The number of amides is 1. The molecule has 0 atom stereocenters. The molecule has 1 aromatic heterocycles. The second-order valence-electron chi connectivity index (χ2n) is 3.55. The van der Waals surface area contributed by atoms with Gasteiger partial charge >= 0.3 is 0 Å². The molecule has 16 heavy (non-hydrogen) atoms. The van der Waals surface area contributed by atoms with Gasteiger partial charge in [0.25, 0.3) is 5.91 Å². The average molecular weight is 225 g/mol. The van der Waals surface area contributed by atoms with Crippen LogP contribution in [0.2, 0.25) is 0 Å². The van der Waals surface area contributed by atoms with Crippen LogP contribution >= 0.6 is 0 Å². The standard InChI is InChI=1S/C9H15N5O2/c1-6-7(4-14(3)11-6)9(15)13(2)5-8(10)12-16/h4,16H,5H2,1-3H3,(H2,10,12). The Hall–Kier alpha value is -2.05. The van der Waals surface area contributed by atoms with Crippen molar-refractivity contribution in [2.45, 2.75) is 6.92 Å². The highest BCUT2D eigenvalue weighted by molar-refractivity contribution is 5.97. The first-order valence-electron chi connectivity index (χ1n) is 4.67. The molecular weight excluding hydrogens is 210 g/mol. The van der Waals surface area contributed by atoms with Gasteiger partial charge in [-0.25, -0.2) is 0 Å². The first kappa shape index (κ1) is 12.0. The minimum atomic E-state index is -0.211. The molecule has 7 heteroatoms. The molecule has 0 aliphatic rings. The number of carbonyl (C=O) groups excluding carboxylic acids is 1. The number of hydrogen-bond acceptors (Lipinski definition) is 4. The van der Waals surface area contributed by atoms with E-state index in [9.17, 15) is 4.79 Å². The summed E-state index contributed by atoms with van der Waals surface area (Å²) in [5, 5.41) is 15.3. The summed E-state index contributed by atoms with van der Waals surface area (Å²) in [6.07, 6.45) is 1.64. The Morgan fingerprint density at radius 1 is 1.75 bits per heavy atom. The normalized spacial score (nSPS) is 11.6. The predicted octanol–water partition coefficient (Wildman–Crippen LogP) is -0.453. The topological polar surface area (TPSA) is 96.7 Å². The second kappa shape index (κ2) is 4.65. The third-order valence-electron chi connectivity index (χ3n) is 2.12. The molecule has 1 heterocycles. The average Bonchev–Trinajstić information content (AvgIpc) is 2.56.